The first-order chi connectivity index (χ1) is 13.1. The lowest BCUT2D eigenvalue weighted by atomic mass is 10.2. The first kappa shape index (κ1) is 16.0. The van der Waals surface area contributed by atoms with E-state index >= 15 is 0 Å². The Balaban J connectivity index is 1.39. The molecule has 5 rings (SSSR count). The third-order valence-electron chi connectivity index (χ3n) is 5.16. The highest BCUT2D eigenvalue weighted by Gasteiger charge is 2.44. The number of fused-ring (bicyclic) bond motifs is 1. The molecule has 1 saturated carbocycles. The fourth-order valence-electron chi connectivity index (χ4n) is 3.86. The molecule has 0 saturated heterocycles. The van der Waals surface area contributed by atoms with Gasteiger partial charge in [-0.1, -0.05) is 0 Å². The van der Waals surface area contributed by atoms with Crippen LogP contribution in [0.25, 0.3) is 5.82 Å². The SMILES string of the molecule is Cn1ncc(C(=O)Nc2ccc3c(c2)OC2(CCCC2)O3)c1-n1cccc1. The standard InChI is InChI=1S/C20H20N4O3/c1-23-19(24-10-4-5-11-24)15(13-21-23)18(25)22-14-6-7-16-17(12-14)27-20(26-16)8-2-3-9-20/h4-7,10-13H,2-3,8-9H2,1H3,(H,22,25). The van der Waals surface area contributed by atoms with Gasteiger partial charge in [0.2, 0.25) is 0 Å². The zero-order valence-electron chi connectivity index (χ0n) is 15.0. The molecule has 3 heterocycles. The predicted octanol–water partition coefficient (Wildman–Crippen LogP) is 3.50. The average Bonchev–Trinajstić information content (AvgIpc) is 3.42. The lowest BCUT2D eigenvalue weighted by Gasteiger charge is -2.21. The Kier molecular flexibility index (Phi) is 3.50. The fourth-order valence-corrected chi connectivity index (χ4v) is 3.86. The molecule has 1 amide bonds. The van der Waals surface area contributed by atoms with Gasteiger partial charge in [-0.2, -0.15) is 5.10 Å². The van der Waals surface area contributed by atoms with Crippen LogP contribution in [0.5, 0.6) is 11.5 Å². The number of anilines is 1. The van der Waals surface area contributed by atoms with Crippen LogP contribution in [0.2, 0.25) is 0 Å². The summed E-state index contributed by atoms with van der Waals surface area (Å²) in [5.41, 5.74) is 1.17. The third kappa shape index (κ3) is 2.66. The van der Waals surface area contributed by atoms with Gasteiger partial charge in [-0.3, -0.25) is 9.48 Å². The van der Waals surface area contributed by atoms with Crippen LogP contribution in [-0.2, 0) is 7.05 Å². The molecule has 3 aromatic rings. The largest absolute Gasteiger partial charge is 0.448 e. The highest BCUT2D eigenvalue weighted by atomic mass is 16.7. The number of carbonyl (C=O) groups excluding carboxylic acids is 1. The van der Waals surface area contributed by atoms with Crippen molar-refractivity contribution in [3.8, 4) is 17.3 Å². The van der Waals surface area contributed by atoms with E-state index in [9.17, 15) is 4.79 Å². The summed E-state index contributed by atoms with van der Waals surface area (Å²) in [6.45, 7) is 0. The van der Waals surface area contributed by atoms with E-state index in [0.29, 0.717) is 22.8 Å². The van der Waals surface area contributed by atoms with Crippen LogP contribution >= 0.6 is 0 Å². The maximum absolute atomic E-state index is 12.8. The van der Waals surface area contributed by atoms with E-state index in [1.165, 1.54) is 0 Å². The monoisotopic (exact) mass is 364 g/mol. The van der Waals surface area contributed by atoms with Gasteiger partial charge in [-0.05, 0) is 37.1 Å². The molecule has 1 aromatic carbocycles. The van der Waals surface area contributed by atoms with Crippen LogP contribution in [0.3, 0.4) is 0 Å². The summed E-state index contributed by atoms with van der Waals surface area (Å²) in [7, 11) is 1.81. The number of aromatic nitrogens is 3. The Labute approximate surface area is 156 Å². The lowest BCUT2D eigenvalue weighted by molar-refractivity contribution is -0.0716. The molecule has 2 aliphatic rings. The Bertz CT molecular complexity index is 1000. The van der Waals surface area contributed by atoms with Gasteiger partial charge in [-0.15, -0.1) is 0 Å². The second-order valence-electron chi connectivity index (χ2n) is 7.03. The molecular formula is C20H20N4O3. The van der Waals surface area contributed by atoms with Gasteiger partial charge < -0.3 is 19.4 Å². The highest BCUT2D eigenvalue weighted by Crippen LogP contribution is 2.47. The molecule has 1 N–H and O–H groups in total. The minimum Gasteiger partial charge on any atom is -0.448 e. The Morgan fingerprint density at radius 2 is 1.89 bits per heavy atom. The normalized spacial score (nSPS) is 16.8. The summed E-state index contributed by atoms with van der Waals surface area (Å²) in [4.78, 5) is 12.8. The van der Waals surface area contributed by atoms with Gasteiger partial charge in [-0.25, -0.2) is 0 Å². The van der Waals surface area contributed by atoms with Gasteiger partial charge >= 0.3 is 0 Å². The van der Waals surface area contributed by atoms with Gasteiger partial charge in [0.15, 0.2) is 11.5 Å². The van der Waals surface area contributed by atoms with Gasteiger partial charge in [0.25, 0.3) is 11.7 Å². The Hall–Kier alpha value is -3.22. The van der Waals surface area contributed by atoms with E-state index in [4.69, 9.17) is 9.47 Å². The van der Waals surface area contributed by atoms with E-state index in [-0.39, 0.29) is 5.91 Å². The zero-order chi connectivity index (χ0) is 18.4. The van der Waals surface area contributed by atoms with Crippen molar-refractivity contribution in [2.75, 3.05) is 5.32 Å². The molecule has 7 heteroatoms. The number of carbonyl (C=O) groups is 1. The van der Waals surface area contributed by atoms with Crippen LogP contribution < -0.4 is 14.8 Å². The van der Waals surface area contributed by atoms with Gasteiger partial charge in [0.05, 0.1) is 6.20 Å². The molecule has 27 heavy (non-hydrogen) atoms. The minimum absolute atomic E-state index is 0.221. The van der Waals surface area contributed by atoms with Crippen LogP contribution in [-0.4, -0.2) is 26.0 Å². The van der Waals surface area contributed by atoms with E-state index in [0.717, 1.165) is 31.4 Å². The van der Waals surface area contributed by atoms with Crippen molar-refractivity contribution >= 4 is 11.6 Å². The molecule has 0 radical (unpaired) electrons. The van der Waals surface area contributed by atoms with Crippen LogP contribution in [0.1, 0.15) is 36.0 Å². The number of nitrogens with one attached hydrogen (secondary N) is 1. The maximum Gasteiger partial charge on any atom is 0.261 e. The topological polar surface area (TPSA) is 70.3 Å². The van der Waals surface area contributed by atoms with Gasteiger partial charge in [0.1, 0.15) is 11.4 Å². The van der Waals surface area contributed by atoms with Crippen molar-refractivity contribution in [3.63, 3.8) is 0 Å². The molecule has 0 atom stereocenters. The summed E-state index contributed by atoms with van der Waals surface area (Å²) in [6, 6.07) is 9.33. The molecule has 1 aliphatic carbocycles. The van der Waals surface area contributed by atoms with Crippen molar-refractivity contribution in [2.24, 2.45) is 7.05 Å². The van der Waals surface area contributed by atoms with Crippen LogP contribution in [0.4, 0.5) is 5.69 Å². The van der Waals surface area contributed by atoms with Crippen molar-refractivity contribution in [1.29, 1.82) is 0 Å². The molecule has 7 nitrogen and oxygen atoms in total. The summed E-state index contributed by atoms with van der Waals surface area (Å²) < 4.78 is 15.6. The minimum atomic E-state index is -0.504. The number of ether oxygens (including phenoxy) is 2. The number of benzene rings is 1. The van der Waals surface area contributed by atoms with E-state index < -0.39 is 5.79 Å². The number of hydrogen-bond acceptors (Lipinski definition) is 4. The molecule has 1 aliphatic heterocycles. The van der Waals surface area contributed by atoms with Crippen molar-refractivity contribution in [3.05, 3.63) is 54.5 Å². The molecule has 0 bridgehead atoms. The summed E-state index contributed by atoms with van der Waals surface area (Å²) in [6.07, 6.45) is 9.37. The van der Waals surface area contributed by atoms with Gasteiger partial charge in [0, 0.05) is 44.0 Å². The molecule has 2 aromatic heterocycles. The molecule has 1 fully saturated rings. The highest BCUT2D eigenvalue weighted by molar-refractivity contribution is 6.06. The number of rotatable bonds is 3. The zero-order valence-corrected chi connectivity index (χ0v) is 15.0. The molecule has 0 unspecified atom stereocenters. The Morgan fingerprint density at radius 3 is 2.67 bits per heavy atom. The van der Waals surface area contributed by atoms with E-state index in [1.54, 1.807) is 10.9 Å². The summed E-state index contributed by atoms with van der Waals surface area (Å²) >= 11 is 0. The van der Waals surface area contributed by atoms with E-state index in [2.05, 4.69) is 10.4 Å². The van der Waals surface area contributed by atoms with Crippen molar-refractivity contribution in [2.45, 2.75) is 31.5 Å². The molecular weight excluding hydrogens is 344 g/mol. The Morgan fingerprint density at radius 1 is 1.15 bits per heavy atom. The summed E-state index contributed by atoms with van der Waals surface area (Å²) in [5.74, 6) is 1.41. The number of amides is 1. The molecule has 138 valence electrons. The maximum atomic E-state index is 12.8. The van der Waals surface area contributed by atoms with Crippen molar-refractivity contribution in [1.82, 2.24) is 14.3 Å². The first-order valence-electron chi connectivity index (χ1n) is 9.12. The number of nitrogens with zero attached hydrogens (tertiary/aromatic N) is 3. The second kappa shape index (κ2) is 5.90. The second-order valence-corrected chi connectivity index (χ2v) is 7.03. The summed E-state index contributed by atoms with van der Waals surface area (Å²) in [5, 5.41) is 7.17. The number of aryl methyl sites for hydroxylation is 1. The predicted molar refractivity (Wildman–Crippen MR) is 99.4 cm³/mol. The van der Waals surface area contributed by atoms with Crippen LogP contribution in [0.15, 0.2) is 48.9 Å². The van der Waals surface area contributed by atoms with E-state index in [1.807, 2.05) is 54.3 Å². The van der Waals surface area contributed by atoms with Crippen molar-refractivity contribution < 1.29 is 14.3 Å². The average molecular weight is 364 g/mol. The smallest absolute Gasteiger partial charge is 0.261 e. The fraction of sp³-hybridized carbons (Fsp3) is 0.300. The third-order valence-corrected chi connectivity index (χ3v) is 5.16. The quantitative estimate of drug-likeness (QED) is 0.772. The molecule has 1 spiro atoms. The van der Waals surface area contributed by atoms with Crippen LogP contribution in [0, 0.1) is 0 Å². The first-order valence-corrected chi connectivity index (χ1v) is 9.12. The number of hydrogen-bond donors (Lipinski definition) is 1. The lowest BCUT2D eigenvalue weighted by Crippen LogP contribution is -2.34.